The molecule has 0 bridgehead atoms. The second-order valence-corrected chi connectivity index (χ2v) is 8.32. The van der Waals surface area contributed by atoms with Crippen molar-refractivity contribution in [3.05, 3.63) is 41.5 Å². The fraction of sp³-hybridized carbons (Fsp3) is 0.500. The lowest BCUT2D eigenvalue weighted by Gasteiger charge is -2.17. The predicted octanol–water partition coefficient (Wildman–Crippen LogP) is 3.11. The number of hydrogen-bond donors (Lipinski definition) is 1. The van der Waals surface area contributed by atoms with Gasteiger partial charge in [0.1, 0.15) is 17.6 Å². The quantitative estimate of drug-likeness (QED) is 0.712. The Balaban J connectivity index is 2.03. The van der Waals surface area contributed by atoms with E-state index in [9.17, 15) is 9.59 Å². The maximum absolute atomic E-state index is 13.1. The van der Waals surface area contributed by atoms with Crippen molar-refractivity contribution in [1.82, 2.24) is 5.32 Å². The van der Waals surface area contributed by atoms with Crippen LogP contribution < -0.4 is 14.8 Å². The van der Waals surface area contributed by atoms with E-state index >= 15 is 0 Å². The molecule has 1 N–H and O–H groups in total. The molecule has 2 aliphatic heterocycles. The fourth-order valence-corrected chi connectivity index (χ4v) is 3.68. The van der Waals surface area contributed by atoms with Crippen molar-refractivity contribution in [2.45, 2.75) is 45.2 Å². The van der Waals surface area contributed by atoms with Crippen LogP contribution in [0.2, 0.25) is 0 Å². The Bertz CT molecular complexity index is 906. The largest absolute Gasteiger partial charge is 0.497 e. The van der Waals surface area contributed by atoms with Gasteiger partial charge >= 0.3 is 0 Å². The molecule has 2 heterocycles. The van der Waals surface area contributed by atoms with Crippen LogP contribution in [0.4, 0.5) is 0 Å². The van der Waals surface area contributed by atoms with Gasteiger partial charge < -0.3 is 29.0 Å². The first-order valence-corrected chi connectivity index (χ1v) is 10.6. The molecule has 2 aliphatic rings. The molecule has 174 valence electrons. The second kappa shape index (κ2) is 10.3. The molecule has 1 aromatic rings. The number of hydrogen-bond acceptors (Lipinski definition) is 7. The van der Waals surface area contributed by atoms with Gasteiger partial charge in [0.2, 0.25) is 0 Å². The number of rotatable bonds is 4. The molecule has 0 unspecified atom stereocenters. The highest BCUT2D eigenvalue weighted by Crippen LogP contribution is 2.33. The Kier molecular flexibility index (Phi) is 7.71. The molecule has 8 nitrogen and oxygen atoms in total. The molecule has 3 atom stereocenters. The van der Waals surface area contributed by atoms with Crippen molar-refractivity contribution in [3.63, 3.8) is 0 Å². The molecule has 1 saturated heterocycles. The number of carbonyl (C=O) groups excluding carboxylic acids is 2. The van der Waals surface area contributed by atoms with Crippen LogP contribution in [0.25, 0.3) is 6.08 Å². The minimum absolute atomic E-state index is 0.0120. The average Bonchev–Trinajstić information content (AvgIpc) is 3.07. The van der Waals surface area contributed by atoms with Crippen LogP contribution in [0.1, 0.15) is 43.1 Å². The molecule has 0 radical (unpaired) electrons. The van der Waals surface area contributed by atoms with E-state index in [1.807, 2.05) is 13.0 Å². The summed E-state index contributed by atoms with van der Waals surface area (Å²) in [6, 6.07) is 3.42. The lowest BCUT2D eigenvalue weighted by molar-refractivity contribution is -0.152. The summed E-state index contributed by atoms with van der Waals surface area (Å²) in [5, 5.41) is 2.92. The summed E-state index contributed by atoms with van der Waals surface area (Å²) in [5.41, 5.74) is 0.998. The van der Waals surface area contributed by atoms with Crippen LogP contribution in [0.15, 0.2) is 30.4 Å². The van der Waals surface area contributed by atoms with Crippen LogP contribution in [-0.2, 0) is 19.0 Å². The van der Waals surface area contributed by atoms with Crippen LogP contribution in [-0.4, -0.2) is 57.2 Å². The molecular weight excluding hydrogens is 414 g/mol. The monoisotopic (exact) mass is 445 g/mol. The van der Waals surface area contributed by atoms with Gasteiger partial charge in [-0.3, -0.25) is 9.59 Å². The van der Waals surface area contributed by atoms with E-state index in [1.165, 1.54) is 13.2 Å². The summed E-state index contributed by atoms with van der Waals surface area (Å²) < 4.78 is 27.9. The number of amides is 1. The highest BCUT2D eigenvalue weighted by molar-refractivity contribution is 6.01. The van der Waals surface area contributed by atoms with Gasteiger partial charge in [0.15, 0.2) is 18.4 Å². The van der Waals surface area contributed by atoms with Crippen molar-refractivity contribution < 1.29 is 33.3 Å². The van der Waals surface area contributed by atoms with Gasteiger partial charge in [-0.15, -0.1) is 0 Å². The number of ether oxygens (including phenoxy) is 5. The highest BCUT2D eigenvalue weighted by Gasteiger charge is 2.43. The third kappa shape index (κ3) is 5.76. The van der Waals surface area contributed by atoms with Gasteiger partial charge in [-0.25, -0.2) is 0 Å². The smallest absolute Gasteiger partial charge is 0.255 e. The Hall–Kier alpha value is -2.68. The fourth-order valence-electron chi connectivity index (χ4n) is 3.68. The number of carbonyl (C=O) groups is 2. The summed E-state index contributed by atoms with van der Waals surface area (Å²) in [4.78, 5) is 25.8. The summed E-state index contributed by atoms with van der Waals surface area (Å²) in [6.45, 7) is 5.83. The molecular formula is C24H31NO7. The number of nitrogens with one attached hydrogen (secondary N) is 1. The van der Waals surface area contributed by atoms with Crippen molar-refractivity contribution in [2.24, 2.45) is 5.92 Å². The number of fused-ring (bicyclic) bond motifs is 2. The first kappa shape index (κ1) is 24.0. The maximum Gasteiger partial charge on any atom is 0.255 e. The number of ketones is 1. The van der Waals surface area contributed by atoms with E-state index in [-0.39, 0.29) is 24.4 Å². The van der Waals surface area contributed by atoms with E-state index in [0.29, 0.717) is 35.6 Å². The van der Waals surface area contributed by atoms with E-state index in [1.54, 1.807) is 45.2 Å². The molecule has 1 fully saturated rings. The first-order valence-electron chi connectivity index (χ1n) is 10.6. The molecule has 3 rings (SSSR count). The Morgan fingerprint density at radius 1 is 1.16 bits per heavy atom. The summed E-state index contributed by atoms with van der Waals surface area (Å²) in [5.74, 6) is -0.470. The Labute approximate surface area is 188 Å². The van der Waals surface area contributed by atoms with Gasteiger partial charge in [-0.1, -0.05) is 25.2 Å². The third-order valence-corrected chi connectivity index (χ3v) is 5.20. The predicted molar refractivity (Wildman–Crippen MR) is 119 cm³/mol. The van der Waals surface area contributed by atoms with Gasteiger partial charge in [0, 0.05) is 19.7 Å². The van der Waals surface area contributed by atoms with Gasteiger partial charge in [0.05, 0.1) is 18.8 Å². The van der Waals surface area contributed by atoms with Gasteiger partial charge in [-0.2, -0.15) is 0 Å². The molecule has 1 amide bonds. The zero-order chi connectivity index (χ0) is 23.3. The van der Waals surface area contributed by atoms with Crippen molar-refractivity contribution in [3.8, 4) is 11.5 Å². The molecule has 1 aromatic carbocycles. The van der Waals surface area contributed by atoms with E-state index in [2.05, 4.69) is 5.32 Å². The minimum atomic E-state index is -0.855. The van der Waals surface area contributed by atoms with Crippen LogP contribution in [0.3, 0.4) is 0 Å². The van der Waals surface area contributed by atoms with Gasteiger partial charge in [0.25, 0.3) is 5.91 Å². The topological polar surface area (TPSA) is 92.3 Å². The molecule has 0 aliphatic carbocycles. The van der Waals surface area contributed by atoms with E-state index in [0.717, 1.165) is 0 Å². The maximum atomic E-state index is 13.1. The van der Waals surface area contributed by atoms with E-state index in [4.69, 9.17) is 23.7 Å². The standard InChI is InChI=1S/C24H31NO7/c1-15-9-10-18(26)22-19(31-24(2,3)32-22)8-6-7-16-11-17(29-5)12-20(30-14-28-4)21(16)23(27)25-13-15/h6-7,9-12,15,19,22H,8,13-14H2,1-5H3,(H,25,27)/b7-6?,10-9-/t15-,19+,22-/m1/s1. The summed E-state index contributed by atoms with van der Waals surface area (Å²) in [6.07, 6.45) is 6.24. The highest BCUT2D eigenvalue weighted by atomic mass is 16.8. The SMILES string of the molecule is COCOc1cc(OC)cc2c1C(=O)NC[C@H](C)/C=C\C(=O)[C@H]1OC(C)(C)O[C@H]1CC=C2. The van der Waals surface area contributed by atoms with Gasteiger partial charge in [-0.05, 0) is 43.9 Å². The van der Waals surface area contributed by atoms with E-state index < -0.39 is 18.0 Å². The van der Waals surface area contributed by atoms with Crippen molar-refractivity contribution in [2.75, 3.05) is 27.6 Å². The molecule has 0 spiro atoms. The summed E-state index contributed by atoms with van der Waals surface area (Å²) in [7, 11) is 3.06. The molecule has 32 heavy (non-hydrogen) atoms. The van der Waals surface area contributed by atoms with Crippen LogP contribution in [0, 0.1) is 5.92 Å². The molecule has 0 saturated carbocycles. The third-order valence-electron chi connectivity index (χ3n) is 5.20. The molecule has 8 heteroatoms. The van der Waals surface area contributed by atoms with Crippen LogP contribution >= 0.6 is 0 Å². The Morgan fingerprint density at radius 3 is 2.66 bits per heavy atom. The van der Waals surface area contributed by atoms with Crippen molar-refractivity contribution >= 4 is 17.8 Å². The number of benzene rings is 1. The first-order chi connectivity index (χ1) is 15.2. The lowest BCUT2D eigenvalue weighted by atomic mass is 10.00. The lowest BCUT2D eigenvalue weighted by Crippen LogP contribution is -2.31. The number of methoxy groups -OCH3 is 2. The summed E-state index contributed by atoms with van der Waals surface area (Å²) >= 11 is 0. The zero-order valence-electron chi connectivity index (χ0n) is 19.2. The van der Waals surface area contributed by atoms with Crippen molar-refractivity contribution in [1.29, 1.82) is 0 Å². The molecule has 0 aromatic heterocycles. The normalized spacial score (nSPS) is 26.5. The minimum Gasteiger partial charge on any atom is -0.497 e. The Morgan fingerprint density at radius 2 is 1.94 bits per heavy atom. The second-order valence-electron chi connectivity index (χ2n) is 8.32. The van der Waals surface area contributed by atoms with Crippen LogP contribution in [0.5, 0.6) is 11.5 Å². The average molecular weight is 446 g/mol. The zero-order valence-corrected chi connectivity index (χ0v) is 19.2.